The molecular weight excluding hydrogens is 330 g/mol. The van der Waals surface area contributed by atoms with Gasteiger partial charge in [-0.3, -0.25) is 9.69 Å². The standard InChI is InChI=1S/C20H29N3O3/c1-26-19(24)12-11-18-14-22(16-9-7-15(13-21)8-10-16)20(25)23(18)17-5-3-2-4-6-17/h2-6,15-16,18H,7-14,21H2,1H3. The van der Waals surface area contributed by atoms with E-state index in [1.54, 1.807) is 0 Å². The van der Waals surface area contributed by atoms with Gasteiger partial charge < -0.3 is 15.4 Å². The van der Waals surface area contributed by atoms with Crippen molar-refractivity contribution in [2.75, 3.05) is 25.1 Å². The Morgan fingerprint density at radius 1 is 1.19 bits per heavy atom. The second kappa shape index (κ2) is 8.54. The SMILES string of the molecule is COC(=O)CCC1CN(C2CCC(CN)CC2)C(=O)N1c1ccccc1. The van der Waals surface area contributed by atoms with Gasteiger partial charge in [0.15, 0.2) is 0 Å². The van der Waals surface area contributed by atoms with Crippen molar-refractivity contribution in [1.82, 2.24) is 4.90 Å². The normalized spacial score (nSPS) is 26.2. The van der Waals surface area contributed by atoms with Gasteiger partial charge in [-0.25, -0.2) is 4.79 Å². The molecule has 26 heavy (non-hydrogen) atoms. The molecule has 1 saturated heterocycles. The summed E-state index contributed by atoms with van der Waals surface area (Å²) in [5, 5.41) is 0. The Morgan fingerprint density at radius 3 is 2.50 bits per heavy atom. The van der Waals surface area contributed by atoms with E-state index in [0.29, 0.717) is 25.3 Å². The molecule has 1 saturated carbocycles. The number of urea groups is 1. The number of ether oxygens (including phenoxy) is 1. The zero-order chi connectivity index (χ0) is 18.5. The van der Waals surface area contributed by atoms with E-state index in [4.69, 9.17) is 10.5 Å². The van der Waals surface area contributed by atoms with Crippen LogP contribution in [0.25, 0.3) is 0 Å². The number of benzene rings is 1. The quantitative estimate of drug-likeness (QED) is 0.793. The van der Waals surface area contributed by atoms with Crippen LogP contribution in [0, 0.1) is 5.92 Å². The predicted molar refractivity (Wildman–Crippen MR) is 101 cm³/mol. The molecule has 2 fully saturated rings. The molecule has 0 bridgehead atoms. The minimum absolute atomic E-state index is 0.00349. The predicted octanol–water partition coefficient (Wildman–Crippen LogP) is 2.77. The minimum atomic E-state index is -0.229. The van der Waals surface area contributed by atoms with Gasteiger partial charge in [0.25, 0.3) is 0 Å². The molecule has 1 atom stereocenters. The highest BCUT2D eigenvalue weighted by molar-refractivity contribution is 5.95. The van der Waals surface area contributed by atoms with Crippen molar-refractivity contribution in [3.8, 4) is 0 Å². The summed E-state index contributed by atoms with van der Waals surface area (Å²) >= 11 is 0. The molecule has 2 N–H and O–H groups in total. The Balaban J connectivity index is 1.74. The second-order valence-corrected chi connectivity index (χ2v) is 7.32. The van der Waals surface area contributed by atoms with Gasteiger partial charge in [0, 0.05) is 24.7 Å². The number of esters is 1. The zero-order valence-electron chi connectivity index (χ0n) is 15.5. The van der Waals surface area contributed by atoms with E-state index in [1.807, 2.05) is 40.1 Å². The Morgan fingerprint density at radius 2 is 1.88 bits per heavy atom. The van der Waals surface area contributed by atoms with Crippen LogP contribution in [0.1, 0.15) is 38.5 Å². The van der Waals surface area contributed by atoms with Gasteiger partial charge >= 0.3 is 12.0 Å². The van der Waals surface area contributed by atoms with Crippen molar-refractivity contribution in [3.05, 3.63) is 30.3 Å². The maximum absolute atomic E-state index is 13.2. The molecule has 6 nitrogen and oxygen atoms in total. The van der Waals surface area contributed by atoms with Gasteiger partial charge in [0.1, 0.15) is 0 Å². The number of amides is 2. The first-order chi connectivity index (χ1) is 12.6. The van der Waals surface area contributed by atoms with Crippen LogP contribution in [0.5, 0.6) is 0 Å². The third-order valence-corrected chi connectivity index (χ3v) is 5.76. The molecule has 1 aromatic rings. The molecule has 0 aromatic heterocycles. The van der Waals surface area contributed by atoms with Gasteiger partial charge in [-0.05, 0) is 56.7 Å². The molecule has 1 unspecified atom stereocenters. The number of anilines is 1. The summed E-state index contributed by atoms with van der Waals surface area (Å²) in [5.41, 5.74) is 6.69. The Kier molecular flexibility index (Phi) is 6.14. The van der Waals surface area contributed by atoms with Crippen LogP contribution in [0.2, 0.25) is 0 Å². The third-order valence-electron chi connectivity index (χ3n) is 5.76. The minimum Gasteiger partial charge on any atom is -0.469 e. The molecule has 2 amide bonds. The summed E-state index contributed by atoms with van der Waals surface area (Å²) < 4.78 is 4.78. The molecule has 0 spiro atoms. The largest absolute Gasteiger partial charge is 0.469 e. The highest BCUT2D eigenvalue weighted by Crippen LogP contribution is 2.33. The summed E-state index contributed by atoms with van der Waals surface area (Å²) in [7, 11) is 1.40. The van der Waals surface area contributed by atoms with Crippen molar-refractivity contribution >= 4 is 17.7 Å². The molecule has 1 aliphatic heterocycles. The van der Waals surface area contributed by atoms with E-state index in [-0.39, 0.29) is 24.1 Å². The van der Waals surface area contributed by atoms with Gasteiger partial charge in [-0.15, -0.1) is 0 Å². The number of carbonyl (C=O) groups excluding carboxylic acids is 2. The fraction of sp³-hybridized carbons (Fsp3) is 0.600. The van der Waals surface area contributed by atoms with Crippen molar-refractivity contribution in [2.45, 2.75) is 50.6 Å². The van der Waals surface area contributed by atoms with Crippen LogP contribution in [0.3, 0.4) is 0 Å². The lowest BCUT2D eigenvalue weighted by Crippen LogP contribution is -2.42. The van der Waals surface area contributed by atoms with E-state index >= 15 is 0 Å². The van der Waals surface area contributed by atoms with Crippen LogP contribution in [0.4, 0.5) is 10.5 Å². The second-order valence-electron chi connectivity index (χ2n) is 7.32. The monoisotopic (exact) mass is 359 g/mol. The lowest BCUT2D eigenvalue weighted by molar-refractivity contribution is -0.140. The molecule has 142 valence electrons. The third kappa shape index (κ3) is 4.01. The van der Waals surface area contributed by atoms with Crippen LogP contribution in [-0.4, -0.2) is 49.2 Å². The van der Waals surface area contributed by atoms with Crippen LogP contribution < -0.4 is 10.6 Å². The average molecular weight is 359 g/mol. The summed E-state index contributed by atoms with van der Waals surface area (Å²) in [6, 6.07) is 10.1. The molecule has 1 aromatic carbocycles. The number of nitrogens with zero attached hydrogens (tertiary/aromatic N) is 2. The number of carbonyl (C=O) groups is 2. The fourth-order valence-electron chi connectivity index (χ4n) is 4.20. The molecule has 0 radical (unpaired) electrons. The van der Waals surface area contributed by atoms with Gasteiger partial charge in [0.2, 0.25) is 0 Å². The Bertz CT molecular complexity index is 614. The van der Waals surface area contributed by atoms with E-state index in [9.17, 15) is 9.59 Å². The number of para-hydroxylation sites is 1. The fourth-order valence-corrected chi connectivity index (χ4v) is 4.20. The Hall–Kier alpha value is -2.08. The maximum atomic E-state index is 13.2. The lowest BCUT2D eigenvalue weighted by atomic mass is 9.85. The van der Waals surface area contributed by atoms with Crippen LogP contribution in [-0.2, 0) is 9.53 Å². The molecule has 1 heterocycles. The van der Waals surface area contributed by atoms with Crippen molar-refractivity contribution in [2.24, 2.45) is 11.7 Å². The van der Waals surface area contributed by atoms with Crippen molar-refractivity contribution < 1.29 is 14.3 Å². The highest BCUT2D eigenvalue weighted by Gasteiger charge is 2.42. The van der Waals surface area contributed by atoms with Gasteiger partial charge in [-0.2, -0.15) is 0 Å². The van der Waals surface area contributed by atoms with E-state index in [0.717, 1.165) is 37.9 Å². The zero-order valence-corrected chi connectivity index (χ0v) is 15.5. The number of hydrogen-bond acceptors (Lipinski definition) is 4. The average Bonchev–Trinajstić information content (AvgIpc) is 3.03. The van der Waals surface area contributed by atoms with Crippen molar-refractivity contribution in [1.29, 1.82) is 0 Å². The first-order valence-corrected chi connectivity index (χ1v) is 9.55. The summed E-state index contributed by atoms with van der Waals surface area (Å²) in [4.78, 5) is 28.7. The maximum Gasteiger partial charge on any atom is 0.325 e. The van der Waals surface area contributed by atoms with Gasteiger partial charge in [0.05, 0.1) is 13.2 Å². The topological polar surface area (TPSA) is 75.9 Å². The van der Waals surface area contributed by atoms with Crippen LogP contribution in [0.15, 0.2) is 30.3 Å². The van der Waals surface area contributed by atoms with E-state index in [2.05, 4.69) is 0 Å². The van der Waals surface area contributed by atoms with Crippen molar-refractivity contribution in [3.63, 3.8) is 0 Å². The van der Waals surface area contributed by atoms with Gasteiger partial charge in [-0.1, -0.05) is 18.2 Å². The number of nitrogens with two attached hydrogens (primary N) is 1. The summed E-state index contributed by atoms with van der Waals surface area (Å²) in [6.07, 6.45) is 5.14. The highest BCUT2D eigenvalue weighted by atomic mass is 16.5. The molecule has 3 rings (SSSR count). The molecule has 2 aliphatic rings. The molecule has 1 aliphatic carbocycles. The molecular formula is C20H29N3O3. The number of hydrogen-bond donors (Lipinski definition) is 1. The summed E-state index contributed by atoms with van der Waals surface area (Å²) in [5.74, 6) is 0.358. The molecule has 6 heteroatoms. The van der Waals surface area contributed by atoms with E-state index in [1.165, 1.54) is 7.11 Å². The summed E-state index contributed by atoms with van der Waals surface area (Å²) in [6.45, 7) is 1.40. The number of rotatable bonds is 6. The first-order valence-electron chi connectivity index (χ1n) is 9.55. The smallest absolute Gasteiger partial charge is 0.325 e. The van der Waals surface area contributed by atoms with E-state index < -0.39 is 0 Å². The number of methoxy groups -OCH3 is 1. The Labute approximate surface area is 155 Å². The first kappa shape index (κ1) is 18.7. The van der Waals surface area contributed by atoms with Crippen LogP contribution >= 0.6 is 0 Å². The lowest BCUT2D eigenvalue weighted by Gasteiger charge is -2.34.